The van der Waals surface area contributed by atoms with Crippen LogP contribution in [0.1, 0.15) is 27.5 Å². The van der Waals surface area contributed by atoms with Crippen molar-refractivity contribution in [2.75, 3.05) is 22.9 Å². The van der Waals surface area contributed by atoms with E-state index in [4.69, 9.17) is 0 Å². The van der Waals surface area contributed by atoms with Gasteiger partial charge in [-0.05, 0) is 41.5 Å². The van der Waals surface area contributed by atoms with Crippen molar-refractivity contribution in [3.63, 3.8) is 0 Å². The molecule has 0 bridgehead atoms. The highest BCUT2D eigenvalue weighted by Gasteiger charge is 2.42. The van der Waals surface area contributed by atoms with E-state index in [1.165, 1.54) is 23.1 Å². The van der Waals surface area contributed by atoms with Crippen LogP contribution in [0.3, 0.4) is 0 Å². The Morgan fingerprint density at radius 1 is 0.946 bits per heavy atom. The van der Waals surface area contributed by atoms with Crippen molar-refractivity contribution >= 4 is 17.7 Å². The lowest BCUT2D eigenvalue weighted by Gasteiger charge is -2.45. The molecule has 0 aromatic heterocycles. The molecule has 3 aromatic carbocycles. The van der Waals surface area contributed by atoms with Crippen LogP contribution in [0.2, 0.25) is 0 Å². The maximum absolute atomic E-state index is 13.3. The second kappa shape index (κ2) is 10.3. The van der Waals surface area contributed by atoms with Crippen LogP contribution in [0.4, 0.5) is 37.7 Å². The molecule has 1 aliphatic heterocycles. The molecule has 37 heavy (non-hydrogen) atoms. The van der Waals surface area contributed by atoms with E-state index in [0.29, 0.717) is 34.4 Å². The largest absolute Gasteiger partial charge is 0.573 e. The summed E-state index contributed by atoms with van der Waals surface area (Å²) in [5, 5.41) is 9.91. The molecule has 1 aliphatic rings. The zero-order chi connectivity index (χ0) is 26.8. The predicted molar refractivity (Wildman–Crippen MR) is 125 cm³/mol. The number of halogens is 6. The van der Waals surface area contributed by atoms with Crippen LogP contribution in [0.15, 0.2) is 72.8 Å². The molecule has 0 unspecified atom stereocenters. The number of aliphatic hydroxyl groups excluding tert-OH is 1. The number of carbonyl (C=O) groups is 1. The maximum Gasteiger partial charge on any atom is 0.573 e. The summed E-state index contributed by atoms with van der Waals surface area (Å²) in [6.07, 6.45) is -11.7. The van der Waals surface area contributed by atoms with Crippen molar-refractivity contribution in [3.05, 3.63) is 89.5 Å². The molecule has 1 heterocycles. The van der Waals surface area contributed by atoms with Crippen LogP contribution in [-0.2, 0) is 6.54 Å². The highest BCUT2D eigenvalue weighted by Crippen LogP contribution is 2.42. The van der Waals surface area contributed by atoms with E-state index in [1.807, 2.05) is 4.90 Å². The first-order valence-electron chi connectivity index (χ1n) is 11.2. The molecule has 0 saturated carbocycles. The van der Waals surface area contributed by atoms with Crippen LogP contribution >= 0.6 is 0 Å². The van der Waals surface area contributed by atoms with Gasteiger partial charge in [0.15, 0.2) is 6.10 Å². The fourth-order valence-electron chi connectivity index (χ4n) is 4.40. The number of hydrogen-bond donors (Lipinski definition) is 1. The molecule has 0 amide bonds. The van der Waals surface area contributed by atoms with Crippen LogP contribution in [0.5, 0.6) is 5.75 Å². The number of nitrogens with zero attached hydrogens (tertiary/aromatic N) is 2. The number of benzene rings is 3. The number of fused-ring (bicyclic) bond motifs is 1. The van der Waals surface area contributed by atoms with Crippen LogP contribution < -0.4 is 14.5 Å². The Morgan fingerprint density at radius 3 is 2.32 bits per heavy atom. The van der Waals surface area contributed by atoms with E-state index in [0.717, 1.165) is 0 Å². The molecular weight excluding hydrogens is 502 g/mol. The summed E-state index contributed by atoms with van der Waals surface area (Å²) in [5.41, 5.74) is 2.31. The van der Waals surface area contributed by atoms with Gasteiger partial charge in [0.2, 0.25) is 0 Å². The fraction of sp³-hybridized carbons (Fsp3) is 0.269. The van der Waals surface area contributed by atoms with Gasteiger partial charge in [-0.1, -0.05) is 42.5 Å². The molecule has 0 radical (unpaired) electrons. The molecule has 3 aromatic rings. The third-order valence-corrected chi connectivity index (χ3v) is 5.99. The van der Waals surface area contributed by atoms with Crippen LogP contribution in [0.25, 0.3) is 0 Å². The monoisotopic (exact) mass is 524 g/mol. The van der Waals surface area contributed by atoms with Gasteiger partial charge in [0.25, 0.3) is 0 Å². The molecule has 0 saturated heterocycles. The second-order valence-electron chi connectivity index (χ2n) is 8.58. The molecule has 2 atom stereocenters. The van der Waals surface area contributed by atoms with Gasteiger partial charge in [-0.2, -0.15) is 13.2 Å². The van der Waals surface area contributed by atoms with E-state index in [1.54, 1.807) is 54.6 Å². The molecule has 4 rings (SSSR count). The van der Waals surface area contributed by atoms with Crippen LogP contribution in [-0.4, -0.2) is 43.1 Å². The molecule has 5 nitrogen and oxygen atoms in total. The number of β-amino-alcohol motifs (C(OH)–C–C–N with tert-alkyl or cyclic N) is 1. The highest BCUT2D eigenvalue weighted by molar-refractivity contribution is 5.77. The van der Waals surface area contributed by atoms with Gasteiger partial charge < -0.3 is 19.6 Å². The molecule has 11 heteroatoms. The molecule has 0 aliphatic carbocycles. The van der Waals surface area contributed by atoms with Crippen molar-refractivity contribution in [1.82, 2.24) is 0 Å². The van der Waals surface area contributed by atoms with Crippen molar-refractivity contribution in [2.45, 2.75) is 31.2 Å². The van der Waals surface area contributed by atoms with Gasteiger partial charge in [0.05, 0.1) is 24.0 Å². The molecule has 0 fully saturated rings. The third-order valence-electron chi connectivity index (χ3n) is 5.99. The average molecular weight is 524 g/mol. The topological polar surface area (TPSA) is 53.0 Å². The lowest BCUT2D eigenvalue weighted by atomic mass is 9.97. The summed E-state index contributed by atoms with van der Waals surface area (Å²) in [6, 6.07) is 17.8. The minimum atomic E-state index is -4.86. The zero-order valence-electron chi connectivity index (χ0n) is 19.2. The second-order valence-corrected chi connectivity index (χ2v) is 8.58. The van der Waals surface area contributed by atoms with Gasteiger partial charge in [-0.3, -0.25) is 4.79 Å². The first-order chi connectivity index (χ1) is 17.4. The Kier molecular flexibility index (Phi) is 7.35. The Labute approximate surface area is 208 Å². The Balaban J connectivity index is 1.74. The first-order valence-corrected chi connectivity index (χ1v) is 11.2. The van der Waals surface area contributed by atoms with Crippen molar-refractivity contribution in [2.24, 2.45) is 0 Å². The molecule has 0 spiro atoms. The Morgan fingerprint density at radius 2 is 1.65 bits per heavy atom. The number of carbonyl (C=O) groups excluding carboxylic acids is 1. The third kappa shape index (κ3) is 6.34. The van der Waals surface area contributed by atoms with Crippen molar-refractivity contribution < 1.29 is 41.0 Å². The smallest absolute Gasteiger partial charge is 0.406 e. The summed E-state index contributed by atoms with van der Waals surface area (Å²) in [4.78, 5) is 14.6. The Hall–Kier alpha value is -3.73. The number of aldehydes is 1. The van der Waals surface area contributed by atoms with Crippen molar-refractivity contribution in [3.8, 4) is 5.75 Å². The van der Waals surface area contributed by atoms with Gasteiger partial charge in [-0.25, -0.2) is 0 Å². The lowest BCUT2D eigenvalue weighted by Crippen LogP contribution is -2.49. The minimum absolute atomic E-state index is 0.131. The SMILES string of the molecule is O=Cc1cccc([C@@H]2CN(Cc3cccc(OC(F)(F)F)c3)c3ccccc3N2C[C@@H](O)C(F)(F)F)c1. The molecular formula is C26H22F6N2O3. The number of ether oxygens (including phenoxy) is 1. The van der Waals surface area contributed by atoms with E-state index in [2.05, 4.69) is 4.74 Å². The summed E-state index contributed by atoms with van der Waals surface area (Å²) >= 11 is 0. The van der Waals surface area contributed by atoms with Gasteiger partial charge in [-0.15, -0.1) is 13.2 Å². The van der Waals surface area contributed by atoms with Gasteiger partial charge >= 0.3 is 12.5 Å². The number of rotatable bonds is 7. The summed E-state index contributed by atoms with van der Waals surface area (Å²) < 4.78 is 82.1. The van der Waals surface area contributed by atoms with E-state index >= 15 is 0 Å². The number of aliphatic hydroxyl groups is 1. The molecule has 196 valence electrons. The maximum atomic E-state index is 13.3. The lowest BCUT2D eigenvalue weighted by molar-refractivity contribution is -0.274. The summed E-state index contributed by atoms with van der Waals surface area (Å²) in [6.45, 7) is -0.487. The number of hydrogen-bond acceptors (Lipinski definition) is 5. The van der Waals surface area contributed by atoms with E-state index < -0.39 is 31.2 Å². The first kappa shape index (κ1) is 26.3. The molecule has 1 N–H and O–H groups in total. The number of alkyl halides is 6. The quantitative estimate of drug-likeness (QED) is 0.309. The standard InChI is InChI=1S/C26H22F6N2O3/c27-25(28,29)24(36)15-34-22-10-2-1-9-21(22)33(14-23(34)19-7-3-6-18(11-19)16-35)13-17-5-4-8-20(12-17)37-26(30,31)32/h1-12,16,23-24,36H,13-15H2/t23-,24+/m0/s1. The van der Waals surface area contributed by atoms with Crippen molar-refractivity contribution in [1.29, 1.82) is 0 Å². The number of anilines is 2. The van der Waals surface area contributed by atoms with Gasteiger partial charge in [0.1, 0.15) is 12.0 Å². The Bertz CT molecular complexity index is 1250. The number of para-hydroxylation sites is 2. The summed E-state index contributed by atoms with van der Waals surface area (Å²) in [5.74, 6) is -0.388. The normalized spacial score (nSPS) is 16.8. The predicted octanol–water partition coefficient (Wildman–Crippen LogP) is 5.89. The minimum Gasteiger partial charge on any atom is -0.406 e. The van der Waals surface area contributed by atoms with E-state index in [-0.39, 0.29) is 18.8 Å². The van der Waals surface area contributed by atoms with E-state index in [9.17, 15) is 36.2 Å². The van der Waals surface area contributed by atoms with Crippen LogP contribution in [0, 0.1) is 0 Å². The zero-order valence-corrected chi connectivity index (χ0v) is 19.2. The average Bonchev–Trinajstić information content (AvgIpc) is 2.84. The fourth-order valence-corrected chi connectivity index (χ4v) is 4.40. The summed E-state index contributed by atoms with van der Waals surface area (Å²) in [7, 11) is 0. The highest BCUT2D eigenvalue weighted by atomic mass is 19.4. The van der Waals surface area contributed by atoms with Gasteiger partial charge in [0, 0.05) is 18.7 Å².